The largest absolute Gasteiger partial charge is 0.756 e. The van der Waals surface area contributed by atoms with Crippen molar-refractivity contribution in [2.75, 3.05) is 40.9 Å². The lowest BCUT2D eigenvalue weighted by Gasteiger charge is -2.30. The number of phosphoric acid groups is 1. The van der Waals surface area contributed by atoms with Crippen LogP contribution in [-0.2, 0) is 27.9 Å². The molecule has 1 N–H and O–H groups in total. The molecule has 9 nitrogen and oxygen atoms in total. The van der Waals surface area contributed by atoms with E-state index in [2.05, 4.69) is 74.7 Å². The number of phosphoric ester groups is 1. The average molecular weight is 1120 g/mol. The first-order valence-corrected chi connectivity index (χ1v) is 34.6. The maximum Gasteiger partial charge on any atom is 0.306 e. The summed E-state index contributed by atoms with van der Waals surface area (Å²) in [5.41, 5.74) is 0. The zero-order valence-corrected chi connectivity index (χ0v) is 53.0. The molecule has 3 atom stereocenters. The zero-order valence-electron chi connectivity index (χ0n) is 52.1. The summed E-state index contributed by atoms with van der Waals surface area (Å²) in [7, 11) is 1.17. The van der Waals surface area contributed by atoms with Gasteiger partial charge in [0.15, 0.2) is 0 Å². The number of amides is 1. The van der Waals surface area contributed by atoms with Crippen LogP contribution in [0.15, 0.2) is 60.8 Å². The van der Waals surface area contributed by atoms with E-state index in [0.29, 0.717) is 23.9 Å². The van der Waals surface area contributed by atoms with Crippen molar-refractivity contribution in [3.05, 3.63) is 60.8 Å². The fourth-order valence-corrected chi connectivity index (χ4v) is 10.3. The Hall–Kier alpha value is -2.29. The molecule has 0 spiro atoms. The van der Waals surface area contributed by atoms with Gasteiger partial charge in [-0.25, -0.2) is 0 Å². The molecule has 0 heterocycles. The van der Waals surface area contributed by atoms with Crippen LogP contribution in [0.2, 0.25) is 0 Å². The van der Waals surface area contributed by atoms with Crippen LogP contribution in [0, 0.1) is 0 Å². The second kappa shape index (κ2) is 57.9. The minimum atomic E-state index is -4.71. The van der Waals surface area contributed by atoms with Crippen LogP contribution in [0.1, 0.15) is 310 Å². The number of hydrogen-bond acceptors (Lipinski definition) is 7. The summed E-state index contributed by atoms with van der Waals surface area (Å²) in [5.74, 6) is -0.566. The van der Waals surface area contributed by atoms with Crippen molar-refractivity contribution < 1.29 is 37.3 Å². The Labute approximate surface area is 483 Å². The minimum absolute atomic E-state index is 0.0274. The normalized spacial score (nSPS) is 14.0. The molecule has 0 bridgehead atoms. The van der Waals surface area contributed by atoms with Crippen LogP contribution in [0.5, 0.6) is 0 Å². The number of quaternary nitrogens is 1. The van der Waals surface area contributed by atoms with E-state index in [1.54, 1.807) is 0 Å². The number of nitrogens with one attached hydrogen (secondary N) is 1. The van der Waals surface area contributed by atoms with Gasteiger partial charge in [-0.3, -0.25) is 14.2 Å². The van der Waals surface area contributed by atoms with Gasteiger partial charge in [0.05, 0.1) is 33.8 Å². The molecular formula is C68H127N2O7P. The van der Waals surface area contributed by atoms with E-state index in [1.807, 2.05) is 33.3 Å². The van der Waals surface area contributed by atoms with Crippen LogP contribution in [0.4, 0.5) is 0 Å². The number of nitrogens with zero attached hydrogens (tertiary/aromatic N) is 1. The summed E-state index contributed by atoms with van der Waals surface area (Å²) in [6.45, 7) is 6.83. The Morgan fingerprint density at radius 1 is 0.449 bits per heavy atom. The van der Waals surface area contributed by atoms with E-state index < -0.39 is 26.6 Å². The number of likely N-dealkylation sites (N-methyl/N-ethyl adjacent to an activating group) is 1. The third-order valence-electron chi connectivity index (χ3n) is 14.7. The first kappa shape index (κ1) is 75.7. The molecule has 0 aliphatic heterocycles. The number of hydrogen-bond donors (Lipinski definition) is 1. The number of allylic oxidation sites excluding steroid dienone is 9. The lowest BCUT2D eigenvalue weighted by molar-refractivity contribution is -0.870. The summed E-state index contributed by atoms with van der Waals surface area (Å²) in [6.07, 6.45) is 73.3. The zero-order chi connectivity index (χ0) is 57.2. The third-order valence-corrected chi connectivity index (χ3v) is 15.7. The quantitative estimate of drug-likeness (QED) is 0.0212. The molecule has 0 aromatic heterocycles. The summed E-state index contributed by atoms with van der Waals surface area (Å²) in [6, 6.07) is -0.901. The SMILES string of the molecule is CCCCC/C=C\C/C=C\C/C=C\C/C=C\CCCCCC(=O)OC(/C=C/CCCCCCCCCCCC)C(COP(=O)([O-])OCC[N+](C)(C)C)NC(=O)CCCCCCCCCCCCCCCCCCCCCCC. The summed E-state index contributed by atoms with van der Waals surface area (Å²) in [4.78, 5) is 40.1. The minimum Gasteiger partial charge on any atom is -0.756 e. The predicted octanol–water partition coefficient (Wildman–Crippen LogP) is 20.0. The monoisotopic (exact) mass is 1110 g/mol. The lowest BCUT2D eigenvalue weighted by atomic mass is 10.0. The average Bonchev–Trinajstić information content (AvgIpc) is 3.40. The number of rotatable bonds is 60. The Kier molecular flexibility index (Phi) is 56.2. The van der Waals surface area contributed by atoms with E-state index in [4.69, 9.17) is 13.8 Å². The molecule has 1 amide bonds. The molecule has 0 radical (unpaired) electrons. The predicted molar refractivity (Wildman–Crippen MR) is 335 cm³/mol. The molecule has 10 heteroatoms. The summed E-state index contributed by atoms with van der Waals surface area (Å²) in [5, 5.41) is 3.03. The first-order chi connectivity index (χ1) is 37.9. The van der Waals surface area contributed by atoms with Crippen molar-refractivity contribution in [3.8, 4) is 0 Å². The Balaban J connectivity index is 5.21. The lowest BCUT2D eigenvalue weighted by Crippen LogP contribution is -2.47. The molecule has 0 saturated heterocycles. The highest BCUT2D eigenvalue weighted by molar-refractivity contribution is 7.45. The second-order valence-corrected chi connectivity index (χ2v) is 25.0. The number of ether oxygens (including phenoxy) is 1. The Morgan fingerprint density at radius 2 is 0.782 bits per heavy atom. The van der Waals surface area contributed by atoms with E-state index >= 15 is 0 Å². The maximum atomic E-state index is 13.6. The van der Waals surface area contributed by atoms with Crippen LogP contribution < -0.4 is 10.2 Å². The molecule has 0 saturated carbocycles. The number of unbranched alkanes of at least 4 members (excludes halogenated alkanes) is 36. The molecular weight excluding hydrogens is 988 g/mol. The van der Waals surface area contributed by atoms with Crippen LogP contribution in [-0.4, -0.2) is 69.4 Å². The molecule has 456 valence electrons. The van der Waals surface area contributed by atoms with Gasteiger partial charge >= 0.3 is 5.97 Å². The molecule has 0 fully saturated rings. The Morgan fingerprint density at radius 3 is 1.21 bits per heavy atom. The fraction of sp³-hybridized carbons (Fsp3) is 0.824. The van der Waals surface area contributed by atoms with E-state index in [0.717, 1.165) is 77.0 Å². The van der Waals surface area contributed by atoms with E-state index in [1.165, 1.54) is 193 Å². The van der Waals surface area contributed by atoms with Crippen molar-refractivity contribution >= 4 is 19.7 Å². The highest BCUT2D eigenvalue weighted by Gasteiger charge is 2.27. The number of esters is 1. The molecule has 3 unspecified atom stereocenters. The fourth-order valence-electron chi connectivity index (χ4n) is 9.57. The second-order valence-electron chi connectivity index (χ2n) is 23.6. The standard InChI is InChI=1S/C68H127N2O7P/c1-7-10-13-16-19-22-25-28-30-32-34-35-37-38-40-42-45-48-51-54-57-60-67(71)69-65(64-76-78(73,74)75-63-62-70(4,5)6)66(59-56-53-50-47-44-27-24-21-18-15-12-9-3)77-68(72)61-58-55-52-49-46-43-41-39-36-33-31-29-26-23-20-17-14-11-8-2/h20,23,29,31,36,39,43,46,56,59,65-66H,7-19,21-22,24-28,30,32-35,37-38,40-42,44-45,47-55,57-58,60-64H2,1-6H3,(H-,69,71,73,74)/b23-20-,31-29-,39-36-,46-43-,59-56+. The van der Waals surface area contributed by atoms with Crippen molar-refractivity contribution in [1.82, 2.24) is 5.32 Å². The molecule has 0 rings (SSSR count). The van der Waals surface area contributed by atoms with Crippen molar-refractivity contribution in [3.63, 3.8) is 0 Å². The van der Waals surface area contributed by atoms with Crippen LogP contribution >= 0.6 is 7.82 Å². The highest BCUT2D eigenvalue weighted by atomic mass is 31.2. The molecule has 0 aliphatic rings. The topological polar surface area (TPSA) is 114 Å². The van der Waals surface area contributed by atoms with E-state index in [-0.39, 0.29) is 24.9 Å². The Bertz CT molecular complexity index is 1520. The molecule has 0 aromatic rings. The van der Waals surface area contributed by atoms with Gasteiger partial charge in [0.25, 0.3) is 7.82 Å². The van der Waals surface area contributed by atoms with Crippen molar-refractivity contribution in [1.29, 1.82) is 0 Å². The van der Waals surface area contributed by atoms with Gasteiger partial charge in [0, 0.05) is 12.8 Å². The van der Waals surface area contributed by atoms with Crippen LogP contribution in [0.3, 0.4) is 0 Å². The van der Waals surface area contributed by atoms with Gasteiger partial charge in [-0.2, -0.15) is 0 Å². The molecule has 0 aliphatic carbocycles. The van der Waals surface area contributed by atoms with Gasteiger partial charge in [-0.15, -0.1) is 0 Å². The number of carbonyl (C=O) groups is 2. The summed E-state index contributed by atoms with van der Waals surface area (Å²) < 4.78 is 30.3. The van der Waals surface area contributed by atoms with Gasteiger partial charge in [0.1, 0.15) is 19.3 Å². The molecule has 78 heavy (non-hydrogen) atoms. The van der Waals surface area contributed by atoms with Gasteiger partial charge < -0.3 is 28.5 Å². The van der Waals surface area contributed by atoms with Gasteiger partial charge in [-0.05, 0) is 76.7 Å². The van der Waals surface area contributed by atoms with Crippen molar-refractivity contribution in [2.24, 2.45) is 0 Å². The van der Waals surface area contributed by atoms with Gasteiger partial charge in [-0.1, -0.05) is 281 Å². The highest BCUT2D eigenvalue weighted by Crippen LogP contribution is 2.38. The van der Waals surface area contributed by atoms with E-state index in [9.17, 15) is 19.0 Å². The molecule has 0 aromatic carbocycles. The smallest absolute Gasteiger partial charge is 0.306 e. The van der Waals surface area contributed by atoms with Gasteiger partial charge in [0.2, 0.25) is 5.91 Å². The third kappa shape index (κ3) is 58.4. The maximum absolute atomic E-state index is 13.6. The number of carbonyl (C=O) groups excluding carboxylic acids is 2. The summed E-state index contributed by atoms with van der Waals surface area (Å²) >= 11 is 0. The van der Waals surface area contributed by atoms with Crippen molar-refractivity contribution in [2.45, 2.75) is 322 Å². The first-order valence-electron chi connectivity index (χ1n) is 33.1. The van der Waals surface area contributed by atoms with Crippen LogP contribution in [0.25, 0.3) is 0 Å².